The molecule has 0 spiro atoms. The van der Waals surface area contributed by atoms with E-state index in [4.69, 9.17) is 4.74 Å². The van der Waals surface area contributed by atoms with Crippen LogP contribution in [-0.4, -0.2) is 23.1 Å². The van der Waals surface area contributed by atoms with Crippen LogP contribution < -0.4 is 10.1 Å². The first-order valence-electron chi connectivity index (χ1n) is 6.16. The van der Waals surface area contributed by atoms with Gasteiger partial charge in [-0.15, -0.1) is 0 Å². The van der Waals surface area contributed by atoms with Crippen molar-refractivity contribution in [2.45, 2.75) is 44.6 Å². The highest BCUT2D eigenvalue weighted by Gasteiger charge is 2.17. The molecule has 17 heavy (non-hydrogen) atoms. The lowest BCUT2D eigenvalue weighted by Gasteiger charge is -2.17. The summed E-state index contributed by atoms with van der Waals surface area (Å²) in [6, 6.07) is 0. The minimum Gasteiger partial charge on any atom is -0.473 e. The van der Waals surface area contributed by atoms with Crippen molar-refractivity contribution in [2.24, 2.45) is 0 Å². The molecule has 0 bridgehead atoms. The van der Waals surface area contributed by atoms with Crippen molar-refractivity contribution < 1.29 is 4.74 Å². The number of nitrogens with one attached hydrogen (secondary N) is 1. The number of hydrogen-bond acceptors (Lipinski definition) is 4. The summed E-state index contributed by atoms with van der Waals surface area (Å²) in [4.78, 5) is 8.31. The second kappa shape index (κ2) is 6.19. The van der Waals surface area contributed by atoms with Gasteiger partial charge in [-0.25, -0.2) is 9.97 Å². The van der Waals surface area contributed by atoms with Gasteiger partial charge in [0, 0.05) is 7.05 Å². The number of hydrogen-bond donors (Lipinski definition) is 1. The molecule has 1 N–H and O–H groups in total. The first-order chi connectivity index (χ1) is 8.31. The van der Waals surface area contributed by atoms with E-state index >= 15 is 0 Å². The van der Waals surface area contributed by atoms with Crippen LogP contribution in [0.25, 0.3) is 0 Å². The molecule has 4 nitrogen and oxygen atoms in total. The van der Waals surface area contributed by atoms with E-state index in [1.807, 2.05) is 7.05 Å². The molecule has 5 heteroatoms. The number of aromatic nitrogens is 2. The van der Waals surface area contributed by atoms with E-state index in [0.717, 1.165) is 23.1 Å². The van der Waals surface area contributed by atoms with Crippen molar-refractivity contribution in [3.63, 3.8) is 0 Å². The molecule has 0 radical (unpaired) electrons. The van der Waals surface area contributed by atoms with E-state index < -0.39 is 0 Å². The van der Waals surface area contributed by atoms with Gasteiger partial charge in [0.15, 0.2) is 0 Å². The van der Waals surface area contributed by atoms with E-state index in [0.29, 0.717) is 12.0 Å². The number of nitrogens with zero attached hydrogens (tertiary/aromatic N) is 2. The molecule has 0 saturated heterocycles. The predicted molar refractivity (Wildman–Crippen MR) is 71.4 cm³/mol. The Balaban J connectivity index is 2.06. The monoisotopic (exact) mass is 299 g/mol. The van der Waals surface area contributed by atoms with Crippen LogP contribution in [-0.2, 0) is 0 Å². The Hall–Kier alpha value is -0.840. The van der Waals surface area contributed by atoms with Crippen molar-refractivity contribution in [2.75, 3.05) is 12.4 Å². The van der Waals surface area contributed by atoms with Gasteiger partial charge in [-0.2, -0.15) is 0 Å². The van der Waals surface area contributed by atoms with E-state index in [9.17, 15) is 0 Å². The maximum absolute atomic E-state index is 5.97. The highest BCUT2D eigenvalue weighted by molar-refractivity contribution is 9.10. The van der Waals surface area contributed by atoms with Gasteiger partial charge in [0.1, 0.15) is 22.7 Å². The molecule has 0 aliphatic heterocycles. The van der Waals surface area contributed by atoms with E-state index in [1.54, 1.807) is 0 Å². The van der Waals surface area contributed by atoms with Crippen LogP contribution in [0, 0.1) is 0 Å². The Morgan fingerprint density at radius 1 is 1.24 bits per heavy atom. The highest BCUT2D eigenvalue weighted by Crippen LogP contribution is 2.30. The zero-order valence-electron chi connectivity index (χ0n) is 10.1. The van der Waals surface area contributed by atoms with Crippen LogP contribution in [0.5, 0.6) is 5.88 Å². The molecule has 0 aromatic carbocycles. The minimum absolute atomic E-state index is 0.299. The third kappa shape index (κ3) is 3.31. The van der Waals surface area contributed by atoms with Gasteiger partial charge in [0.2, 0.25) is 5.88 Å². The van der Waals surface area contributed by atoms with Crippen molar-refractivity contribution in [3.8, 4) is 5.88 Å². The van der Waals surface area contributed by atoms with Gasteiger partial charge in [-0.1, -0.05) is 12.8 Å². The van der Waals surface area contributed by atoms with Crippen LogP contribution in [0.15, 0.2) is 10.8 Å². The molecule has 0 amide bonds. The largest absolute Gasteiger partial charge is 0.473 e. The summed E-state index contributed by atoms with van der Waals surface area (Å²) in [5, 5.41) is 3.01. The van der Waals surface area contributed by atoms with E-state index in [1.165, 1.54) is 32.0 Å². The van der Waals surface area contributed by atoms with Crippen molar-refractivity contribution >= 4 is 21.7 Å². The summed E-state index contributed by atoms with van der Waals surface area (Å²) in [7, 11) is 1.84. The van der Waals surface area contributed by atoms with E-state index in [-0.39, 0.29) is 0 Å². The molecule has 1 aliphatic rings. The Bertz CT molecular complexity index is 365. The molecule has 2 rings (SSSR count). The molecule has 94 valence electrons. The standard InChI is InChI=1S/C12H18BrN3O/c1-14-11-10(13)12(16-8-15-11)17-9-6-4-2-3-5-7-9/h8-9H,2-7H2,1H3,(H,14,15,16). The topological polar surface area (TPSA) is 47.0 Å². The SMILES string of the molecule is CNc1ncnc(OC2CCCCCC2)c1Br. The Morgan fingerprint density at radius 3 is 2.59 bits per heavy atom. The predicted octanol–water partition coefficient (Wildman–Crippen LogP) is 3.38. The second-order valence-corrected chi connectivity index (χ2v) is 5.12. The molecule has 1 heterocycles. The van der Waals surface area contributed by atoms with E-state index in [2.05, 4.69) is 31.2 Å². The first-order valence-corrected chi connectivity index (χ1v) is 6.95. The number of ether oxygens (including phenoxy) is 1. The maximum atomic E-state index is 5.97. The van der Waals surface area contributed by atoms with Crippen LogP contribution >= 0.6 is 15.9 Å². The molecule has 1 saturated carbocycles. The lowest BCUT2D eigenvalue weighted by atomic mass is 10.1. The average Bonchev–Trinajstić information content (AvgIpc) is 2.60. The first kappa shape index (κ1) is 12.6. The summed E-state index contributed by atoms with van der Waals surface area (Å²) in [5.74, 6) is 1.42. The molecule has 1 fully saturated rings. The van der Waals surface area contributed by atoms with Gasteiger partial charge in [-0.3, -0.25) is 0 Å². The van der Waals surface area contributed by atoms with Crippen molar-refractivity contribution in [1.29, 1.82) is 0 Å². The summed E-state index contributed by atoms with van der Waals surface area (Å²) in [6.07, 6.45) is 9.25. The quantitative estimate of drug-likeness (QED) is 0.869. The fourth-order valence-corrected chi connectivity index (χ4v) is 2.62. The van der Waals surface area contributed by atoms with Crippen LogP contribution in [0.4, 0.5) is 5.82 Å². The molecule has 0 unspecified atom stereocenters. The van der Waals surface area contributed by atoms with Gasteiger partial charge in [0.05, 0.1) is 0 Å². The van der Waals surface area contributed by atoms with Gasteiger partial charge < -0.3 is 10.1 Å². The third-order valence-corrected chi connectivity index (χ3v) is 3.79. The lowest BCUT2D eigenvalue weighted by Crippen LogP contribution is -2.16. The van der Waals surface area contributed by atoms with Crippen molar-refractivity contribution in [1.82, 2.24) is 9.97 Å². The third-order valence-electron chi connectivity index (χ3n) is 3.07. The van der Waals surface area contributed by atoms with Gasteiger partial charge in [-0.05, 0) is 41.6 Å². The number of halogens is 1. The van der Waals surface area contributed by atoms with Crippen LogP contribution in [0.1, 0.15) is 38.5 Å². The summed E-state index contributed by atoms with van der Waals surface area (Å²) < 4.78 is 6.78. The molecule has 1 aliphatic carbocycles. The zero-order valence-corrected chi connectivity index (χ0v) is 11.7. The fourth-order valence-electron chi connectivity index (χ4n) is 2.13. The van der Waals surface area contributed by atoms with Gasteiger partial charge in [0.25, 0.3) is 0 Å². The summed E-state index contributed by atoms with van der Waals surface area (Å²) in [5.41, 5.74) is 0. The summed E-state index contributed by atoms with van der Waals surface area (Å²) >= 11 is 3.48. The van der Waals surface area contributed by atoms with Gasteiger partial charge >= 0.3 is 0 Å². The fraction of sp³-hybridized carbons (Fsp3) is 0.667. The second-order valence-electron chi connectivity index (χ2n) is 4.32. The number of anilines is 1. The number of rotatable bonds is 3. The summed E-state index contributed by atoms with van der Waals surface area (Å²) in [6.45, 7) is 0. The van der Waals surface area contributed by atoms with Crippen LogP contribution in [0.2, 0.25) is 0 Å². The Kier molecular flexibility index (Phi) is 4.59. The normalized spacial score (nSPS) is 17.5. The highest BCUT2D eigenvalue weighted by atomic mass is 79.9. The Morgan fingerprint density at radius 2 is 1.94 bits per heavy atom. The van der Waals surface area contributed by atoms with Crippen molar-refractivity contribution in [3.05, 3.63) is 10.8 Å². The molecule has 0 atom stereocenters. The lowest BCUT2D eigenvalue weighted by molar-refractivity contribution is 0.174. The average molecular weight is 300 g/mol. The zero-order chi connectivity index (χ0) is 12.1. The molecule has 1 aromatic heterocycles. The minimum atomic E-state index is 0.299. The molecular formula is C12H18BrN3O. The Labute approximate surface area is 110 Å². The maximum Gasteiger partial charge on any atom is 0.233 e. The van der Waals surface area contributed by atoms with Crippen LogP contribution in [0.3, 0.4) is 0 Å². The molecule has 1 aromatic rings. The smallest absolute Gasteiger partial charge is 0.233 e. The molecular weight excluding hydrogens is 282 g/mol.